The van der Waals surface area contributed by atoms with Crippen LogP contribution in [0.1, 0.15) is 35.1 Å². The highest BCUT2D eigenvalue weighted by Gasteiger charge is 2.41. The highest BCUT2D eigenvalue weighted by atomic mass is 35.5. The van der Waals surface area contributed by atoms with Crippen molar-refractivity contribution in [2.75, 3.05) is 37.6 Å². The molecule has 188 valence electrons. The number of rotatable bonds is 6. The van der Waals surface area contributed by atoms with Gasteiger partial charge in [0.25, 0.3) is 0 Å². The van der Waals surface area contributed by atoms with Crippen molar-refractivity contribution in [3.05, 3.63) is 100.0 Å². The maximum absolute atomic E-state index is 13.7. The van der Waals surface area contributed by atoms with Gasteiger partial charge in [-0.2, -0.15) is 5.26 Å². The van der Waals surface area contributed by atoms with Crippen molar-refractivity contribution in [2.45, 2.75) is 25.0 Å². The van der Waals surface area contributed by atoms with Crippen LogP contribution < -0.4 is 4.90 Å². The summed E-state index contributed by atoms with van der Waals surface area (Å²) in [7, 11) is 0. The van der Waals surface area contributed by atoms with Crippen LogP contribution in [-0.2, 0) is 16.9 Å². The topological polar surface area (TPSA) is 55.3 Å². The minimum atomic E-state index is -0.621. The third kappa shape index (κ3) is 4.48. The Labute approximate surface area is 221 Å². The van der Waals surface area contributed by atoms with Gasteiger partial charge < -0.3 is 14.6 Å². The lowest BCUT2D eigenvalue weighted by atomic mass is 9.81. The number of nitrogens with zero attached hydrogens (tertiary/aromatic N) is 3. The number of nitrogens with one attached hydrogen (secondary N) is 1. The lowest BCUT2D eigenvalue weighted by molar-refractivity contribution is -0.0146. The molecular weight excluding hydrogens is 487 g/mol. The third-order valence-electron chi connectivity index (χ3n) is 7.79. The van der Waals surface area contributed by atoms with Gasteiger partial charge in [0.05, 0.1) is 23.9 Å². The second-order valence-electron chi connectivity index (χ2n) is 9.90. The molecule has 1 aromatic heterocycles. The number of piperazine rings is 1. The van der Waals surface area contributed by atoms with Gasteiger partial charge in [-0.15, -0.1) is 0 Å². The number of aromatic nitrogens is 1. The summed E-state index contributed by atoms with van der Waals surface area (Å²) in [6.07, 6.45) is 3.82. The fraction of sp³-hybridized carbons (Fsp3) is 0.300. The van der Waals surface area contributed by atoms with E-state index in [0.717, 1.165) is 72.8 Å². The molecule has 6 rings (SSSR count). The predicted molar refractivity (Wildman–Crippen MR) is 144 cm³/mol. The number of halogens is 2. The first-order valence-corrected chi connectivity index (χ1v) is 13.1. The SMILES string of the molecule is N#Cc1ccc2c(c1)COC2(CCCN1CCN(c2c[nH]c3cc(Cl)ccc23)CC1)c1ccc(F)cc1. The molecule has 0 radical (unpaired) electrons. The molecule has 2 aliphatic heterocycles. The van der Waals surface area contributed by atoms with Crippen molar-refractivity contribution in [3.63, 3.8) is 0 Å². The average molecular weight is 515 g/mol. The van der Waals surface area contributed by atoms with Crippen LogP contribution in [-0.4, -0.2) is 42.6 Å². The molecule has 0 amide bonds. The van der Waals surface area contributed by atoms with Crippen molar-refractivity contribution < 1.29 is 9.13 Å². The van der Waals surface area contributed by atoms with Gasteiger partial charge in [-0.25, -0.2) is 4.39 Å². The number of aromatic amines is 1. The van der Waals surface area contributed by atoms with Gasteiger partial charge in [0.1, 0.15) is 11.4 Å². The molecule has 5 nitrogen and oxygen atoms in total. The molecule has 1 N–H and O–H groups in total. The van der Waals surface area contributed by atoms with E-state index in [2.05, 4.69) is 33.1 Å². The second-order valence-corrected chi connectivity index (χ2v) is 10.3. The first-order valence-electron chi connectivity index (χ1n) is 12.7. The molecule has 2 aliphatic rings. The summed E-state index contributed by atoms with van der Waals surface area (Å²) in [6, 6.07) is 20.7. The van der Waals surface area contributed by atoms with E-state index in [1.807, 2.05) is 42.5 Å². The molecule has 1 atom stereocenters. The molecule has 37 heavy (non-hydrogen) atoms. The number of ether oxygens (including phenoxy) is 1. The number of H-pyrrole nitrogens is 1. The lowest BCUT2D eigenvalue weighted by Gasteiger charge is -2.37. The largest absolute Gasteiger partial charge is 0.367 e. The van der Waals surface area contributed by atoms with Crippen molar-refractivity contribution >= 4 is 28.2 Å². The summed E-state index contributed by atoms with van der Waals surface area (Å²) < 4.78 is 20.2. The smallest absolute Gasteiger partial charge is 0.123 e. The third-order valence-corrected chi connectivity index (χ3v) is 8.03. The number of anilines is 1. The molecule has 7 heteroatoms. The van der Waals surface area contributed by atoms with Gasteiger partial charge in [-0.3, -0.25) is 4.90 Å². The van der Waals surface area contributed by atoms with E-state index in [1.54, 1.807) is 0 Å². The van der Waals surface area contributed by atoms with Gasteiger partial charge in [0.15, 0.2) is 0 Å². The van der Waals surface area contributed by atoms with Gasteiger partial charge in [0, 0.05) is 48.3 Å². The van der Waals surface area contributed by atoms with E-state index in [9.17, 15) is 9.65 Å². The average Bonchev–Trinajstić information content (AvgIpc) is 3.51. The Kier molecular flexibility index (Phi) is 6.37. The second kappa shape index (κ2) is 9.83. The number of benzene rings is 3. The summed E-state index contributed by atoms with van der Waals surface area (Å²) in [5, 5.41) is 11.3. The summed E-state index contributed by atoms with van der Waals surface area (Å²) in [6.45, 7) is 5.34. The van der Waals surface area contributed by atoms with Crippen LogP contribution in [0, 0.1) is 17.1 Å². The number of hydrogen-bond acceptors (Lipinski definition) is 4. The summed E-state index contributed by atoms with van der Waals surface area (Å²) >= 11 is 6.15. The molecule has 1 unspecified atom stereocenters. The Hall–Kier alpha value is -3.37. The van der Waals surface area contributed by atoms with Crippen LogP contribution >= 0.6 is 11.6 Å². The highest BCUT2D eigenvalue weighted by molar-refractivity contribution is 6.31. The first kappa shape index (κ1) is 24.0. The quantitative estimate of drug-likeness (QED) is 0.332. The van der Waals surface area contributed by atoms with E-state index in [4.69, 9.17) is 16.3 Å². The Bertz CT molecular complexity index is 1470. The number of fused-ring (bicyclic) bond motifs is 2. The monoisotopic (exact) mass is 514 g/mol. The van der Waals surface area contributed by atoms with Crippen LogP contribution in [0.5, 0.6) is 0 Å². The number of hydrogen-bond donors (Lipinski definition) is 1. The molecule has 0 spiro atoms. The van der Waals surface area contributed by atoms with Gasteiger partial charge in [-0.1, -0.05) is 29.8 Å². The van der Waals surface area contributed by atoms with E-state index in [0.29, 0.717) is 12.2 Å². The summed E-state index contributed by atoms with van der Waals surface area (Å²) in [5.74, 6) is -0.256. The minimum absolute atomic E-state index is 0.256. The molecule has 1 saturated heterocycles. The van der Waals surface area contributed by atoms with Crippen LogP contribution in [0.4, 0.5) is 10.1 Å². The maximum Gasteiger partial charge on any atom is 0.123 e. The Morgan fingerprint density at radius 3 is 2.62 bits per heavy atom. The molecule has 4 aromatic rings. The van der Waals surface area contributed by atoms with Crippen molar-refractivity contribution in [1.82, 2.24) is 9.88 Å². The van der Waals surface area contributed by atoms with Crippen molar-refractivity contribution in [2.24, 2.45) is 0 Å². The highest BCUT2D eigenvalue weighted by Crippen LogP contribution is 2.45. The Morgan fingerprint density at radius 1 is 1.03 bits per heavy atom. The summed E-state index contributed by atoms with van der Waals surface area (Å²) in [4.78, 5) is 8.29. The lowest BCUT2D eigenvalue weighted by Crippen LogP contribution is -2.46. The van der Waals surface area contributed by atoms with Gasteiger partial charge in [0.2, 0.25) is 0 Å². The van der Waals surface area contributed by atoms with Crippen LogP contribution in [0.3, 0.4) is 0 Å². The fourth-order valence-electron chi connectivity index (χ4n) is 5.87. The van der Waals surface area contributed by atoms with Crippen molar-refractivity contribution in [3.8, 4) is 6.07 Å². The molecule has 0 aliphatic carbocycles. The molecule has 3 heterocycles. The Morgan fingerprint density at radius 2 is 1.84 bits per heavy atom. The molecule has 1 fully saturated rings. The van der Waals surface area contributed by atoms with Crippen LogP contribution in [0.2, 0.25) is 5.02 Å². The zero-order valence-corrected chi connectivity index (χ0v) is 21.3. The van der Waals surface area contributed by atoms with Crippen LogP contribution in [0.25, 0.3) is 10.9 Å². The van der Waals surface area contributed by atoms with Crippen molar-refractivity contribution in [1.29, 1.82) is 5.26 Å². The zero-order valence-electron chi connectivity index (χ0n) is 20.5. The Balaban J connectivity index is 1.14. The minimum Gasteiger partial charge on any atom is -0.367 e. The number of nitriles is 1. The molecular formula is C30H28ClFN4O. The molecule has 0 saturated carbocycles. The fourth-order valence-corrected chi connectivity index (χ4v) is 6.05. The standard InChI is InChI=1S/C30H28ClFN4O/c31-24-5-8-26-28(17-24)34-19-29(26)36-14-12-35(13-15-36)11-1-10-30(23-3-6-25(32)7-4-23)27-9-2-21(18-33)16-22(27)20-37-30/h2-9,16-17,19,34H,1,10-15,20H2. The normalized spacial score (nSPS) is 19.8. The van der Waals surface area contributed by atoms with E-state index in [-0.39, 0.29) is 5.82 Å². The van der Waals surface area contributed by atoms with Crippen LogP contribution in [0.15, 0.2) is 66.9 Å². The zero-order chi connectivity index (χ0) is 25.4. The first-order chi connectivity index (χ1) is 18.1. The maximum atomic E-state index is 13.7. The summed E-state index contributed by atoms with van der Waals surface area (Å²) in [5.41, 5.74) is 5.39. The van der Waals surface area contributed by atoms with E-state index in [1.165, 1.54) is 23.2 Å². The van der Waals surface area contributed by atoms with E-state index < -0.39 is 5.60 Å². The van der Waals surface area contributed by atoms with Gasteiger partial charge in [-0.05, 0) is 78.5 Å². The van der Waals surface area contributed by atoms with Gasteiger partial charge >= 0.3 is 0 Å². The predicted octanol–water partition coefficient (Wildman–Crippen LogP) is 6.21. The van der Waals surface area contributed by atoms with E-state index >= 15 is 0 Å². The molecule has 0 bridgehead atoms. The molecule has 3 aromatic carbocycles.